The second-order valence-corrected chi connectivity index (χ2v) is 15.3. The van der Waals surface area contributed by atoms with Crippen molar-refractivity contribution in [3.8, 4) is 44.5 Å². The molecule has 0 atom stereocenters. The standard InChI is InChI=1S/C53H36/c1-53(2)51-31-37(47-29-35-15-5-7-17-39(35)41-19-9-11-21-43(41)47)23-25-45(51)46-26-24-38(32-52(46)53)48-27-33-13-3-4-14-34(33)28-50(48)49-30-36-16-6-8-18-40(36)42-20-10-12-22-44(42)49/h3-32H,1-2H3. The van der Waals surface area contributed by atoms with Gasteiger partial charge in [0.05, 0.1) is 0 Å². The molecule has 0 saturated carbocycles. The summed E-state index contributed by atoms with van der Waals surface area (Å²) in [6.07, 6.45) is 0. The van der Waals surface area contributed by atoms with Crippen molar-refractivity contribution in [2.75, 3.05) is 0 Å². The fraction of sp³-hybridized carbons (Fsp3) is 0.0566. The average molecular weight is 673 g/mol. The van der Waals surface area contributed by atoms with E-state index in [0.717, 1.165) is 0 Å². The molecule has 0 heteroatoms. The van der Waals surface area contributed by atoms with Crippen LogP contribution in [0.5, 0.6) is 0 Å². The molecule has 0 spiro atoms. The Morgan fingerprint density at radius 3 is 1.19 bits per heavy atom. The van der Waals surface area contributed by atoms with Gasteiger partial charge in [-0.05, 0) is 146 Å². The summed E-state index contributed by atoms with van der Waals surface area (Å²) in [6, 6.07) is 68.1. The first-order chi connectivity index (χ1) is 26.0. The summed E-state index contributed by atoms with van der Waals surface area (Å²) in [7, 11) is 0. The van der Waals surface area contributed by atoms with Crippen molar-refractivity contribution in [2.24, 2.45) is 0 Å². The molecule has 248 valence electrons. The summed E-state index contributed by atoms with van der Waals surface area (Å²) < 4.78 is 0. The third kappa shape index (κ3) is 4.49. The van der Waals surface area contributed by atoms with Gasteiger partial charge in [-0.1, -0.05) is 159 Å². The van der Waals surface area contributed by atoms with Crippen LogP contribution in [-0.2, 0) is 5.41 Å². The molecule has 10 aromatic rings. The lowest BCUT2D eigenvalue weighted by atomic mass is 9.80. The first-order valence-electron chi connectivity index (χ1n) is 18.7. The smallest absolute Gasteiger partial charge is 0.0159 e. The van der Waals surface area contributed by atoms with Gasteiger partial charge in [-0.15, -0.1) is 0 Å². The molecule has 0 bridgehead atoms. The maximum atomic E-state index is 2.48. The highest BCUT2D eigenvalue weighted by Crippen LogP contribution is 2.52. The highest BCUT2D eigenvalue weighted by molar-refractivity contribution is 6.16. The topological polar surface area (TPSA) is 0 Å². The summed E-state index contributed by atoms with van der Waals surface area (Å²) in [4.78, 5) is 0. The minimum atomic E-state index is -0.171. The van der Waals surface area contributed by atoms with Crippen molar-refractivity contribution in [3.63, 3.8) is 0 Å². The van der Waals surface area contributed by atoms with E-state index in [1.165, 1.54) is 109 Å². The lowest BCUT2D eigenvalue weighted by molar-refractivity contribution is 0.661. The molecule has 1 aliphatic carbocycles. The molecule has 10 aromatic carbocycles. The van der Waals surface area contributed by atoms with Gasteiger partial charge >= 0.3 is 0 Å². The largest absolute Gasteiger partial charge is 0.0616 e. The molecule has 0 nitrogen and oxygen atoms in total. The van der Waals surface area contributed by atoms with Crippen LogP contribution in [0.15, 0.2) is 182 Å². The summed E-state index contributed by atoms with van der Waals surface area (Å²) in [5.74, 6) is 0. The average Bonchev–Trinajstić information content (AvgIpc) is 3.44. The molecule has 0 fully saturated rings. The van der Waals surface area contributed by atoms with Gasteiger partial charge in [-0.25, -0.2) is 0 Å². The van der Waals surface area contributed by atoms with Gasteiger partial charge in [0.2, 0.25) is 0 Å². The zero-order valence-corrected chi connectivity index (χ0v) is 29.8. The molecule has 0 amide bonds. The quantitative estimate of drug-likeness (QED) is 0.164. The second kappa shape index (κ2) is 11.2. The third-order valence-electron chi connectivity index (χ3n) is 12.0. The zero-order valence-electron chi connectivity index (χ0n) is 29.8. The van der Waals surface area contributed by atoms with Crippen LogP contribution < -0.4 is 0 Å². The van der Waals surface area contributed by atoms with Crippen LogP contribution in [0.2, 0.25) is 0 Å². The van der Waals surface area contributed by atoms with Crippen LogP contribution in [0.1, 0.15) is 25.0 Å². The normalized spacial score (nSPS) is 13.2. The van der Waals surface area contributed by atoms with Gasteiger partial charge in [-0.3, -0.25) is 0 Å². The minimum Gasteiger partial charge on any atom is -0.0616 e. The van der Waals surface area contributed by atoms with Crippen LogP contribution in [0.4, 0.5) is 0 Å². The summed E-state index contributed by atoms with van der Waals surface area (Å²) in [5.41, 5.74) is 12.9. The third-order valence-corrected chi connectivity index (χ3v) is 12.0. The lowest BCUT2D eigenvalue weighted by Crippen LogP contribution is -2.15. The van der Waals surface area contributed by atoms with E-state index < -0.39 is 0 Å². The minimum absolute atomic E-state index is 0.171. The summed E-state index contributed by atoms with van der Waals surface area (Å²) in [6.45, 7) is 4.81. The first-order valence-corrected chi connectivity index (χ1v) is 18.7. The molecule has 0 aliphatic heterocycles. The Bertz CT molecular complexity index is 3140. The Morgan fingerprint density at radius 2 is 0.642 bits per heavy atom. The van der Waals surface area contributed by atoms with E-state index in [-0.39, 0.29) is 5.41 Å². The SMILES string of the molecule is CC1(C)c2cc(-c3cc4ccccc4cc3-c3cc4ccccc4c4ccccc34)ccc2-c2ccc(-c3cc4ccccc4c4ccccc34)cc21. The van der Waals surface area contributed by atoms with Gasteiger partial charge in [-0.2, -0.15) is 0 Å². The number of hydrogen-bond donors (Lipinski definition) is 0. The predicted octanol–water partition coefficient (Wildman–Crippen LogP) is 14.8. The van der Waals surface area contributed by atoms with Crippen molar-refractivity contribution in [1.82, 2.24) is 0 Å². The van der Waals surface area contributed by atoms with Crippen molar-refractivity contribution in [1.29, 1.82) is 0 Å². The Morgan fingerprint density at radius 1 is 0.264 bits per heavy atom. The van der Waals surface area contributed by atoms with Gasteiger partial charge in [0.25, 0.3) is 0 Å². The number of fused-ring (bicyclic) bond motifs is 10. The Hall–Kier alpha value is -6.50. The van der Waals surface area contributed by atoms with Gasteiger partial charge in [0, 0.05) is 5.41 Å². The molecule has 0 heterocycles. The van der Waals surface area contributed by atoms with Gasteiger partial charge in [0.1, 0.15) is 0 Å². The van der Waals surface area contributed by atoms with E-state index in [9.17, 15) is 0 Å². The Kier molecular flexibility index (Phi) is 6.40. The monoisotopic (exact) mass is 672 g/mol. The summed E-state index contributed by atoms with van der Waals surface area (Å²) in [5, 5.41) is 12.8. The molecule has 0 aromatic heterocycles. The van der Waals surface area contributed by atoms with Crippen molar-refractivity contribution in [3.05, 3.63) is 193 Å². The van der Waals surface area contributed by atoms with E-state index in [2.05, 4.69) is 196 Å². The summed E-state index contributed by atoms with van der Waals surface area (Å²) >= 11 is 0. The zero-order chi connectivity index (χ0) is 35.3. The van der Waals surface area contributed by atoms with E-state index >= 15 is 0 Å². The molecular formula is C53H36. The fourth-order valence-electron chi connectivity index (χ4n) is 9.34. The maximum absolute atomic E-state index is 2.48. The van der Waals surface area contributed by atoms with E-state index in [1.54, 1.807) is 0 Å². The van der Waals surface area contributed by atoms with E-state index in [0.29, 0.717) is 0 Å². The molecule has 0 N–H and O–H groups in total. The Labute approximate surface area is 309 Å². The van der Waals surface area contributed by atoms with Crippen LogP contribution in [0.3, 0.4) is 0 Å². The number of rotatable bonds is 3. The lowest BCUT2D eigenvalue weighted by Gasteiger charge is -2.23. The van der Waals surface area contributed by atoms with E-state index in [1.807, 2.05) is 0 Å². The van der Waals surface area contributed by atoms with Crippen LogP contribution >= 0.6 is 0 Å². The molecule has 0 unspecified atom stereocenters. The molecule has 0 saturated heterocycles. The van der Waals surface area contributed by atoms with Crippen molar-refractivity contribution in [2.45, 2.75) is 19.3 Å². The van der Waals surface area contributed by atoms with E-state index in [4.69, 9.17) is 0 Å². The number of benzene rings is 10. The van der Waals surface area contributed by atoms with Crippen LogP contribution in [0.25, 0.3) is 98.4 Å². The van der Waals surface area contributed by atoms with Crippen molar-refractivity contribution >= 4 is 53.9 Å². The van der Waals surface area contributed by atoms with Crippen LogP contribution in [0, 0.1) is 0 Å². The van der Waals surface area contributed by atoms with Crippen molar-refractivity contribution < 1.29 is 0 Å². The van der Waals surface area contributed by atoms with Gasteiger partial charge in [0.15, 0.2) is 0 Å². The highest BCUT2D eigenvalue weighted by Gasteiger charge is 2.36. The number of hydrogen-bond acceptors (Lipinski definition) is 0. The van der Waals surface area contributed by atoms with Crippen LogP contribution in [-0.4, -0.2) is 0 Å². The predicted molar refractivity (Wildman–Crippen MR) is 228 cm³/mol. The fourth-order valence-corrected chi connectivity index (χ4v) is 9.34. The molecule has 1 aliphatic rings. The maximum Gasteiger partial charge on any atom is 0.0159 e. The van der Waals surface area contributed by atoms with Gasteiger partial charge < -0.3 is 0 Å². The first kappa shape index (κ1) is 30.2. The second-order valence-electron chi connectivity index (χ2n) is 15.3. The highest BCUT2D eigenvalue weighted by atomic mass is 14.4. The molecule has 0 radical (unpaired) electrons. The Balaban J connectivity index is 1.10. The molecular weight excluding hydrogens is 637 g/mol. The molecule has 53 heavy (non-hydrogen) atoms. The molecule has 11 rings (SSSR count).